The summed E-state index contributed by atoms with van der Waals surface area (Å²) in [5.41, 5.74) is 15.3. The normalized spacial score (nSPS) is 13.9. The van der Waals surface area contributed by atoms with Gasteiger partial charge in [0.1, 0.15) is 5.76 Å². The van der Waals surface area contributed by atoms with E-state index >= 15 is 0 Å². The van der Waals surface area contributed by atoms with Crippen LogP contribution in [0.4, 0.5) is 0 Å². The summed E-state index contributed by atoms with van der Waals surface area (Å²) in [7, 11) is 0. The SMILES string of the molecule is C=C/C=C\C1=COC(c2c(C=C)c(-c3cccc(-c4ccc5ccc6ccc(-c7ccccc7)nc6c5n4)c3)nc3ccccc23)=CC12c1ccccc1-c1ccccc12. The molecule has 3 aromatic heterocycles. The van der Waals surface area contributed by atoms with Crippen molar-refractivity contribution < 1.29 is 4.74 Å². The van der Waals surface area contributed by atoms with E-state index in [1.54, 1.807) is 6.08 Å². The summed E-state index contributed by atoms with van der Waals surface area (Å²) in [6.45, 7) is 8.36. The van der Waals surface area contributed by atoms with Crippen LogP contribution in [0.1, 0.15) is 22.3 Å². The van der Waals surface area contributed by atoms with E-state index in [-0.39, 0.29) is 0 Å². The standard InChI is InChI=1S/C56H37N3O/c1-3-5-20-41-35-60-51(34-56(41)46-24-12-9-21-43(46)44-22-10-13-25-47(44)56)52-42(4-2)53(59-50-26-14-11-23-45(50)52)40-19-15-18-39(33-40)49-32-30-38-28-27-37-29-31-48(36-16-7-6-8-17-36)57-54(37)55(38)58-49/h3-35H,1-2H2/b20-5-. The second-order valence-corrected chi connectivity index (χ2v) is 15.2. The first-order valence-electron chi connectivity index (χ1n) is 20.2. The first-order chi connectivity index (χ1) is 29.6. The van der Waals surface area contributed by atoms with E-state index in [4.69, 9.17) is 19.7 Å². The molecule has 0 saturated carbocycles. The molecule has 2 aliphatic rings. The van der Waals surface area contributed by atoms with Crippen molar-refractivity contribution in [3.05, 3.63) is 235 Å². The van der Waals surface area contributed by atoms with E-state index < -0.39 is 5.41 Å². The zero-order chi connectivity index (χ0) is 40.2. The third-order valence-corrected chi connectivity index (χ3v) is 11.9. The van der Waals surface area contributed by atoms with Gasteiger partial charge in [0.05, 0.1) is 45.3 Å². The van der Waals surface area contributed by atoms with E-state index in [0.29, 0.717) is 0 Å². The Morgan fingerprint density at radius 3 is 1.85 bits per heavy atom. The lowest BCUT2D eigenvalue weighted by Crippen LogP contribution is -2.28. The van der Waals surface area contributed by atoms with Gasteiger partial charge in [-0.15, -0.1) is 0 Å². The van der Waals surface area contributed by atoms with Crippen LogP contribution in [0.25, 0.3) is 89.4 Å². The lowest BCUT2D eigenvalue weighted by molar-refractivity contribution is 0.411. The molecule has 0 bridgehead atoms. The van der Waals surface area contributed by atoms with Crippen LogP contribution in [0.15, 0.2) is 213 Å². The Balaban J connectivity index is 1.09. The monoisotopic (exact) mass is 767 g/mol. The van der Waals surface area contributed by atoms with E-state index in [1.165, 1.54) is 22.3 Å². The maximum absolute atomic E-state index is 6.76. The molecule has 4 nitrogen and oxygen atoms in total. The van der Waals surface area contributed by atoms with Crippen molar-refractivity contribution in [2.75, 3.05) is 0 Å². The number of hydrogen-bond acceptors (Lipinski definition) is 4. The lowest BCUT2D eigenvalue weighted by atomic mass is 9.70. The topological polar surface area (TPSA) is 47.9 Å². The number of allylic oxidation sites excluding steroid dienone is 5. The van der Waals surface area contributed by atoms with Gasteiger partial charge in [0.15, 0.2) is 0 Å². The van der Waals surface area contributed by atoms with Gasteiger partial charge in [0, 0.05) is 49.5 Å². The number of nitrogens with zero attached hydrogens (tertiary/aromatic N) is 3. The van der Waals surface area contributed by atoms with Gasteiger partial charge in [0.25, 0.3) is 0 Å². The van der Waals surface area contributed by atoms with Crippen LogP contribution in [-0.2, 0) is 10.2 Å². The highest BCUT2D eigenvalue weighted by Crippen LogP contribution is 2.56. The molecule has 1 spiro atoms. The minimum atomic E-state index is -0.605. The summed E-state index contributed by atoms with van der Waals surface area (Å²) >= 11 is 0. The second-order valence-electron chi connectivity index (χ2n) is 15.2. The molecule has 0 unspecified atom stereocenters. The quantitative estimate of drug-likeness (QED) is 0.120. The van der Waals surface area contributed by atoms with Crippen molar-refractivity contribution in [3.63, 3.8) is 0 Å². The average Bonchev–Trinajstić information content (AvgIpc) is 3.59. The Morgan fingerprint density at radius 2 is 1.15 bits per heavy atom. The van der Waals surface area contributed by atoms with Crippen LogP contribution < -0.4 is 0 Å². The fourth-order valence-corrected chi connectivity index (χ4v) is 9.18. The van der Waals surface area contributed by atoms with Crippen molar-refractivity contribution in [1.82, 2.24) is 15.0 Å². The zero-order valence-electron chi connectivity index (χ0n) is 32.7. The molecule has 0 N–H and O–H groups in total. The van der Waals surface area contributed by atoms with Crippen molar-refractivity contribution in [2.45, 2.75) is 5.41 Å². The fraction of sp³-hybridized carbons (Fsp3) is 0.0179. The summed E-state index contributed by atoms with van der Waals surface area (Å²) in [5, 5.41) is 3.07. The zero-order valence-corrected chi connectivity index (χ0v) is 32.7. The van der Waals surface area contributed by atoms with E-state index in [0.717, 1.165) is 88.9 Å². The van der Waals surface area contributed by atoms with E-state index in [2.05, 4.69) is 165 Å². The molecular formula is C56H37N3O. The summed E-state index contributed by atoms with van der Waals surface area (Å²) in [4.78, 5) is 15.7. The van der Waals surface area contributed by atoms with Gasteiger partial charge in [-0.05, 0) is 52.6 Å². The predicted molar refractivity (Wildman–Crippen MR) is 248 cm³/mol. The van der Waals surface area contributed by atoms with Gasteiger partial charge in [-0.2, -0.15) is 0 Å². The Hall–Kier alpha value is -7.95. The molecule has 0 radical (unpaired) electrons. The summed E-state index contributed by atoms with van der Waals surface area (Å²) in [5.74, 6) is 0.744. The first-order valence-corrected chi connectivity index (χ1v) is 20.2. The minimum Gasteiger partial charge on any atom is -0.464 e. The van der Waals surface area contributed by atoms with E-state index in [1.807, 2.05) is 42.7 Å². The molecule has 0 fully saturated rings. The van der Waals surface area contributed by atoms with Gasteiger partial charge >= 0.3 is 0 Å². The van der Waals surface area contributed by atoms with Crippen LogP contribution in [-0.4, -0.2) is 15.0 Å². The van der Waals surface area contributed by atoms with Gasteiger partial charge in [-0.1, -0.05) is 177 Å². The van der Waals surface area contributed by atoms with Gasteiger partial charge in [-0.3, -0.25) is 0 Å². The number of fused-ring (bicyclic) bond motifs is 9. The summed E-state index contributed by atoms with van der Waals surface area (Å²) < 4.78 is 6.76. The average molecular weight is 768 g/mol. The van der Waals surface area contributed by atoms with Crippen LogP contribution in [0.5, 0.6) is 0 Å². The Kier molecular flexibility index (Phi) is 8.31. The number of ether oxygens (including phenoxy) is 1. The second kappa shape index (κ2) is 14.2. The smallest absolute Gasteiger partial charge is 0.132 e. The maximum atomic E-state index is 6.76. The number of aromatic nitrogens is 3. The molecule has 9 aromatic rings. The number of hydrogen-bond donors (Lipinski definition) is 0. The van der Waals surface area contributed by atoms with E-state index in [9.17, 15) is 0 Å². The molecule has 1 aliphatic carbocycles. The number of pyridine rings is 3. The third-order valence-electron chi connectivity index (χ3n) is 11.9. The molecule has 4 heteroatoms. The van der Waals surface area contributed by atoms with Gasteiger partial charge in [0.2, 0.25) is 0 Å². The largest absolute Gasteiger partial charge is 0.464 e. The van der Waals surface area contributed by atoms with Crippen LogP contribution in [0.3, 0.4) is 0 Å². The summed E-state index contributed by atoms with van der Waals surface area (Å²) in [6.07, 6.45) is 12.0. The van der Waals surface area contributed by atoms with Crippen LogP contribution >= 0.6 is 0 Å². The fourth-order valence-electron chi connectivity index (χ4n) is 9.18. The predicted octanol–water partition coefficient (Wildman–Crippen LogP) is 13.9. The number of para-hydroxylation sites is 1. The highest BCUT2D eigenvalue weighted by molar-refractivity contribution is 6.04. The van der Waals surface area contributed by atoms with Crippen molar-refractivity contribution in [2.24, 2.45) is 0 Å². The van der Waals surface area contributed by atoms with Crippen molar-refractivity contribution in [1.29, 1.82) is 0 Å². The van der Waals surface area contributed by atoms with Crippen LogP contribution in [0, 0.1) is 0 Å². The van der Waals surface area contributed by atoms with Gasteiger partial charge < -0.3 is 4.74 Å². The third kappa shape index (κ3) is 5.49. The molecule has 6 aromatic carbocycles. The van der Waals surface area contributed by atoms with Crippen molar-refractivity contribution in [3.8, 4) is 44.9 Å². The summed E-state index contributed by atoms with van der Waals surface area (Å²) in [6, 6.07) is 57.1. The molecule has 0 amide bonds. The molecule has 1 aliphatic heterocycles. The Morgan fingerprint density at radius 1 is 0.550 bits per heavy atom. The lowest BCUT2D eigenvalue weighted by Gasteiger charge is -2.34. The Labute approximate surface area is 348 Å². The molecule has 11 rings (SSSR count). The highest BCUT2D eigenvalue weighted by atomic mass is 16.5. The molecule has 0 saturated heterocycles. The molecule has 4 heterocycles. The molecule has 60 heavy (non-hydrogen) atoms. The number of benzene rings is 6. The molecule has 0 atom stereocenters. The maximum Gasteiger partial charge on any atom is 0.132 e. The Bertz CT molecular complexity index is 3290. The molecule has 282 valence electrons. The first kappa shape index (κ1) is 35.2. The van der Waals surface area contributed by atoms with Crippen LogP contribution in [0.2, 0.25) is 0 Å². The minimum absolute atomic E-state index is 0.605. The highest BCUT2D eigenvalue weighted by Gasteiger charge is 2.46. The number of rotatable bonds is 7. The molecular weight excluding hydrogens is 731 g/mol. The van der Waals surface area contributed by atoms with Crippen molar-refractivity contribution >= 4 is 44.5 Å². The van der Waals surface area contributed by atoms with Gasteiger partial charge in [-0.25, -0.2) is 15.0 Å².